The van der Waals surface area contributed by atoms with E-state index in [0.29, 0.717) is 42.8 Å². The Bertz CT molecular complexity index is 1080. The Kier molecular flexibility index (Phi) is 7.07. The number of carbonyl (C=O) groups excluding carboxylic acids is 3. The topological polar surface area (TPSA) is 88.2 Å². The molecule has 0 aliphatic carbocycles. The Morgan fingerprint density at radius 2 is 1.57 bits per heavy atom. The molecule has 0 aromatic heterocycles. The van der Waals surface area contributed by atoms with E-state index < -0.39 is 17.6 Å². The van der Waals surface area contributed by atoms with Gasteiger partial charge in [0.25, 0.3) is 11.8 Å². The zero-order chi connectivity index (χ0) is 25.2. The Labute approximate surface area is 204 Å². The number of nitrogens with zero attached hydrogens (tertiary/aromatic N) is 2. The van der Waals surface area contributed by atoms with Crippen LogP contribution >= 0.6 is 0 Å². The van der Waals surface area contributed by atoms with Gasteiger partial charge in [0.05, 0.1) is 13.7 Å². The van der Waals surface area contributed by atoms with E-state index in [1.54, 1.807) is 41.2 Å². The summed E-state index contributed by atoms with van der Waals surface area (Å²) in [6, 6.07) is 11.3. The molecule has 2 aliphatic rings. The van der Waals surface area contributed by atoms with Gasteiger partial charge in [0, 0.05) is 43.1 Å². The molecular weight excluding hydrogens is 453 g/mol. The summed E-state index contributed by atoms with van der Waals surface area (Å²) >= 11 is 0. The Morgan fingerprint density at radius 3 is 2.14 bits per heavy atom. The van der Waals surface area contributed by atoms with Crippen LogP contribution in [0.25, 0.3) is 0 Å². The van der Waals surface area contributed by atoms with Crippen molar-refractivity contribution < 1.29 is 28.2 Å². The van der Waals surface area contributed by atoms with Crippen LogP contribution in [0.4, 0.5) is 4.39 Å². The third kappa shape index (κ3) is 5.00. The summed E-state index contributed by atoms with van der Waals surface area (Å²) in [6.45, 7) is 4.46. The average Bonchev–Trinajstić information content (AvgIpc) is 3.22. The third-order valence-electron chi connectivity index (χ3n) is 6.47. The normalized spacial score (nSPS) is 19.2. The number of methoxy groups -OCH3 is 1. The highest BCUT2D eigenvalue weighted by molar-refractivity contribution is 5.99. The molecule has 2 aliphatic heterocycles. The minimum atomic E-state index is -1.00. The SMILES string of the molecule is COc1ccc(C(=O)N2[C@@H](C(=O)NC(C)C)COC23CCN(C(=O)c2ccc(F)cc2)CC3)cc1. The highest BCUT2D eigenvalue weighted by Crippen LogP contribution is 2.39. The van der Waals surface area contributed by atoms with Crippen LogP contribution in [0.1, 0.15) is 47.4 Å². The second kappa shape index (κ2) is 10.0. The Balaban J connectivity index is 1.57. The zero-order valence-electron chi connectivity index (χ0n) is 20.1. The fraction of sp³-hybridized carbons (Fsp3) is 0.423. The molecule has 0 unspecified atom stereocenters. The van der Waals surface area contributed by atoms with Gasteiger partial charge in [-0.05, 0) is 62.4 Å². The van der Waals surface area contributed by atoms with Gasteiger partial charge in [-0.15, -0.1) is 0 Å². The van der Waals surface area contributed by atoms with E-state index in [-0.39, 0.29) is 30.4 Å². The Hall–Kier alpha value is -3.46. The monoisotopic (exact) mass is 483 g/mol. The van der Waals surface area contributed by atoms with Crippen molar-refractivity contribution in [1.82, 2.24) is 15.1 Å². The molecule has 2 heterocycles. The van der Waals surface area contributed by atoms with Crippen LogP contribution in [0.3, 0.4) is 0 Å². The minimum Gasteiger partial charge on any atom is -0.497 e. The summed E-state index contributed by atoms with van der Waals surface area (Å²) in [7, 11) is 1.55. The first kappa shape index (κ1) is 24.7. The second-order valence-electron chi connectivity index (χ2n) is 9.14. The smallest absolute Gasteiger partial charge is 0.256 e. The molecule has 1 N–H and O–H groups in total. The molecule has 186 valence electrons. The Morgan fingerprint density at radius 1 is 1.00 bits per heavy atom. The standard InChI is InChI=1S/C26H30FN3O5/c1-17(2)28-23(31)22-16-35-26(30(22)25(33)19-6-10-21(34-3)11-7-19)12-14-29(15-13-26)24(32)18-4-8-20(27)9-5-18/h4-11,17,22H,12-16H2,1-3H3,(H,28,31)/t22-/m1/s1. The molecule has 0 bridgehead atoms. The van der Waals surface area contributed by atoms with E-state index >= 15 is 0 Å². The number of piperidine rings is 1. The number of benzene rings is 2. The zero-order valence-corrected chi connectivity index (χ0v) is 20.1. The molecule has 2 aromatic carbocycles. The molecule has 2 aromatic rings. The minimum absolute atomic E-state index is 0.0758. The van der Waals surface area contributed by atoms with Crippen molar-refractivity contribution in [3.63, 3.8) is 0 Å². The fourth-order valence-electron chi connectivity index (χ4n) is 4.65. The molecule has 8 nitrogen and oxygen atoms in total. The highest BCUT2D eigenvalue weighted by Gasteiger charge is 2.54. The summed E-state index contributed by atoms with van der Waals surface area (Å²) < 4.78 is 24.6. The van der Waals surface area contributed by atoms with Gasteiger partial charge in [0.1, 0.15) is 23.3 Å². The van der Waals surface area contributed by atoms with Crippen molar-refractivity contribution in [3.05, 3.63) is 65.5 Å². The molecule has 0 saturated carbocycles. The summed E-state index contributed by atoms with van der Waals surface area (Å²) in [6.07, 6.45) is 0.709. The lowest BCUT2D eigenvalue weighted by molar-refractivity contribution is -0.128. The predicted molar refractivity (Wildman–Crippen MR) is 126 cm³/mol. The maximum absolute atomic E-state index is 13.7. The molecule has 1 spiro atoms. The number of rotatable bonds is 5. The largest absolute Gasteiger partial charge is 0.497 e. The number of likely N-dealkylation sites (tertiary alicyclic amines) is 1. The number of carbonyl (C=O) groups is 3. The van der Waals surface area contributed by atoms with Gasteiger partial charge in [-0.1, -0.05) is 0 Å². The van der Waals surface area contributed by atoms with Crippen LogP contribution in [-0.4, -0.2) is 72.1 Å². The molecule has 2 saturated heterocycles. The molecule has 2 fully saturated rings. The molecule has 35 heavy (non-hydrogen) atoms. The van der Waals surface area contributed by atoms with Crippen molar-refractivity contribution in [2.75, 3.05) is 26.8 Å². The maximum atomic E-state index is 13.7. The first-order chi connectivity index (χ1) is 16.7. The van der Waals surface area contributed by atoms with E-state index in [0.717, 1.165) is 0 Å². The number of hydrogen-bond donors (Lipinski definition) is 1. The molecule has 1 atom stereocenters. The molecule has 9 heteroatoms. The number of nitrogens with one attached hydrogen (secondary N) is 1. The highest BCUT2D eigenvalue weighted by atomic mass is 19.1. The summed E-state index contributed by atoms with van der Waals surface area (Å²) in [5, 5.41) is 2.89. The third-order valence-corrected chi connectivity index (χ3v) is 6.47. The molecule has 3 amide bonds. The molecular formula is C26H30FN3O5. The van der Waals surface area contributed by atoms with E-state index in [1.807, 2.05) is 13.8 Å². The van der Waals surface area contributed by atoms with E-state index in [2.05, 4.69) is 5.32 Å². The van der Waals surface area contributed by atoms with Gasteiger partial charge in [0.2, 0.25) is 5.91 Å². The van der Waals surface area contributed by atoms with E-state index in [4.69, 9.17) is 9.47 Å². The quantitative estimate of drug-likeness (QED) is 0.707. The first-order valence-corrected chi connectivity index (χ1v) is 11.7. The van der Waals surface area contributed by atoms with Crippen molar-refractivity contribution >= 4 is 17.7 Å². The first-order valence-electron chi connectivity index (χ1n) is 11.7. The second-order valence-corrected chi connectivity index (χ2v) is 9.14. The molecule has 4 rings (SSSR count). The van der Waals surface area contributed by atoms with Gasteiger partial charge in [-0.25, -0.2) is 4.39 Å². The number of halogens is 1. The van der Waals surface area contributed by atoms with Crippen LogP contribution in [-0.2, 0) is 9.53 Å². The maximum Gasteiger partial charge on any atom is 0.256 e. The number of amides is 3. The van der Waals surface area contributed by atoms with Crippen molar-refractivity contribution in [1.29, 1.82) is 0 Å². The van der Waals surface area contributed by atoms with Crippen molar-refractivity contribution in [2.45, 2.75) is 44.5 Å². The fourth-order valence-corrected chi connectivity index (χ4v) is 4.65. The van der Waals surface area contributed by atoms with Crippen LogP contribution in [0.15, 0.2) is 48.5 Å². The molecule has 0 radical (unpaired) electrons. The van der Waals surface area contributed by atoms with Gasteiger partial charge < -0.3 is 19.7 Å². The summed E-state index contributed by atoms with van der Waals surface area (Å²) in [4.78, 5) is 42.8. The summed E-state index contributed by atoms with van der Waals surface area (Å²) in [5.74, 6) is -0.580. The lowest BCUT2D eigenvalue weighted by atomic mass is 9.96. The summed E-state index contributed by atoms with van der Waals surface area (Å²) in [5.41, 5.74) is -0.187. The van der Waals surface area contributed by atoms with Gasteiger partial charge in [0.15, 0.2) is 0 Å². The van der Waals surface area contributed by atoms with E-state index in [9.17, 15) is 18.8 Å². The van der Waals surface area contributed by atoms with Gasteiger partial charge in [-0.2, -0.15) is 0 Å². The van der Waals surface area contributed by atoms with Crippen LogP contribution < -0.4 is 10.1 Å². The van der Waals surface area contributed by atoms with Gasteiger partial charge >= 0.3 is 0 Å². The lowest BCUT2D eigenvalue weighted by Crippen LogP contribution is -2.60. The number of ether oxygens (including phenoxy) is 2. The lowest BCUT2D eigenvalue weighted by Gasteiger charge is -2.44. The predicted octanol–water partition coefficient (Wildman–Crippen LogP) is 2.83. The van der Waals surface area contributed by atoms with Gasteiger partial charge in [-0.3, -0.25) is 19.3 Å². The van der Waals surface area contributed by atoms with Crippen LogP contribution in [0.5, 0.6) is 5.75 Å². The van der Waals surface area contributed by atoms with Crippen molar-refractivity contribution in [2.24, 2.45) is 0 Å². The number of hydrogen-bond acceptors (Lipinski definition) is 5. The van der Waals surface area contributed by atoms with E-state index in [1.165, 1.54) is 24.3 Å². The van der Waals surface area contributed by atoms with Crippen LogP contribution in [0, 0.1) is 5.82 Å². The average molecular weight is 484 g/mol. The van der Waals surface area contributed by atoms with Crippen LogP contribution in [0.2, 0.25) is 0 Å². The van der Waals surface area contributed by atoms with Crippen molar-refractivity contribution in [3.8, 4) is 5.75 Å².